The van der Waals surface area contributed by atoms with Gasteiger partial charge < -0.3 is 0 Å². The van der Waals surface area contributed by atoms with Gasteiger partial charge in [-0.2, -0.15) is 0 Å². The van der Waals surface area contributed by atoms with Crippen molar-refractivity contribution in [3.8, 4) is 0 Å². The van der Waals surface area contributed by atoms with Crippen LogP contribution in [-0.4, -0.2) is 15.3 Å². The fourth-order valence-corrected chi connectivity index (χ4v) is 6.13. The molecule has 27 heavy (non-hydrogen) atoms. The van der Waals surface area contributed by atoms with Crippen LogP contribution in [0.1, 0.15) is 29.3 Å². The van der Waals surface area contributed by atoms with Crippen molar-refractivity contribution in [3.63, 3.8) is 0 Å². The summed E-state index contributed by atoms with van der Waals surface area (Å²) < 4.78 is 1.80. The number of nitrogens with zero attached hydrogens (tertiary/aromatic N) is 2. The summed E-state index contributed by atoms with van der Waals surface area (Å²) in [6.07, 6.45) is 5.99. The number of thiophene rings is 1. The van der Waals surface area contributed by atoms with Crippen molar-refractivity contribution in [2.24, 2.45) is 5.92 Å². The van der Waals surface area contributed by atoms with Crippen LogP contribution in [0.15, 0.2) is 52.9 Å². The predicted octanol–water partition coefficient (Wildman–Crippen LogP) is 5.10. The minimum atomic E-state index is 0.106. The minimum absolute atomic E-state index is 0.106. The quantitative estimate of drug-likeness (QED) is 0.330. The Labute approximate surface area is 168 Å². The number of thioether (sulfide) groups is 1. The standard InChI is InChI=1S/C22H24N2OS2/c1-3-12-24-21(25)19-17-10-9-15(2)14-18(17)27-20(19)23-22(24)26-13-11-16-7-5-4-6-8-16/h3-8,15H,1,9-14H2,2H3/t15-/m1/s1. The summed E-state index contributed by atoms with van der Waals surface area (Å²) in [7, 11) is 0. The normalized spacial score (nSPS) is 16.4. The fourth-order valence-electron chi connectivity index (χ4n) is 3.71. The van der Waals surface area contributed by atoms with Gasteiger partial charge in [0.2, 0.25) is 0 Å². The molecule has 0 unspecified atom stereocenters. The Balaban J connectivity index is 1.68. The zero-order chi connectivity index (χ0) is 18.8. The number of hydrogen-bond acceptors (Lipinski definition) is 4. The predicted molar refractivity (Wildman–Crippen MR) is 116 cm³/mol. The number of aromatic nitrogens is 2. The van der Waals surface area contributed by atoms with Gasteiger partial charge in [-0.3, -0.25) is 9.36 Å². The topological polar surface area (TPSA) is 34.9 Å². The van der Waals surface area contributed by atoms with Crippen LogP contribution < -0.4 is 5.56 Å². The molecule has 2 aromatic heterocycles. The summed E-state index contributed by atoms with van der Waals surface area (Å²) in [5.74, 6) is 1.60. The van der Waals surface area contributed by atoms with E-state index in [0.717, 1.165) is 46.8 Å². The lowest BCUT2D eigenvalue weighted by Gasteiger charge is -2.17. The van der Waals surface area contributed by atoms with E-state index >= 15 is 0 Å². The zero-order valence-electron chi connectivity index (χ0n) is 15.6. The van der Waals surface area contributed by atoms with Gasteiger partial charge in [0.05, 0.1) is 5.39 Å². The summed E-state index contributed by atoms with van der Waals surface area (Å²) in [6.45, 7) is 6.64. The van der Waals surface area contributed by atoms with E-state index in [9.17, 15) is 4.79 Å². The van der Waals surface area contributed by atoms with Gasteiger partial charge in [-0.05, 0) is 42.7 Å². The van der Waals surface area contributed by atoms with Crippen molar-refractivity contribution in [3.05, 3.63) is 69.3 Å². The average Bonchev–Trinajstić information content (AvgIpc) is 3.03. The van der Waals surface area contributed by atoms with Gasteiger partial charge in [-0.15, -0.1) is 17.9 Å². The van der Waals surface area contributed by atoms with Crippen LogP contribution >= 0.6 is 23.1 Å². The first-order valence-electron chi connectivity index (χ1n) is 9.50. The van der Waals surface area contributed by atoms with Crippen molar-refractivity contribution in [2.45, 2.75) is 44.3 Å². The molecule has 0 N–H and O–H groups in total. The van der Waals surface area contributed by atoms with Crippen LogP contribution in [0.25, 0.3) is 10.2 Å². The average molecular weight is 397 g/mol. The summed E-state index contributed by atoms with van der Waals surface area (Å²) in [6, 6.07) is 10.4. The number of hydrogen-bond donors (Lipinski definition) is 0. The van der Waals surface area contributed by atoms with Gasteiger partial charge in [-0.1, -0.05) is 55.1 Å². The molecule has 0 fully saturated rings. The molecule has 4 rings (SSSR count). The number of rotatable bonds is 6. The highest BCUT2D eigenvalue weighted by Crippen LogP contribution is 2.36. The molecule has 0 saturated carbocycles. The Bertz CT molecular complexity index is 1020. The van der Waals surface area contributed by atoms with Crippen LogP contribution in [-0.2, 0) is 25.8 Å². The molecule has 0 amide bonds. The molecule has 1 aromatic carbocycles. The van der Waals surface area contributed by atoms with E-state index in [-0.39, 0.29) is 5.56 Å². The highest BCUT2D eigenvalue weighted by atomic mass is 32.2. The van der Waals surface area contributed by atoms with Gasteiger partial charge in [0.15, 0.2) is 5.16 Å². The molecule has 0 bridgehead atoms. The lowest BCUT2D eigenvalue weighted by molar-refractivity contribution is 0.509. The summed E-state index contributed by atoms with van der Waals surface area (Å²) in [5, 5.41) is 1.67. The van der Waals surface area contributed by atoms with E-state index in [4.69, 9.17) is 4.98 Å². The van der Waals surface area contributed by atoms with E-state index in [2.05, 4.69) is 37.8 Å². The number of allylic oxidation sites excluding steroid dienone is 1. The second-order valence-electron chi connectivity index (χ2n) is 7.21. The van der Waals surface area contributed by atoms with Crippen LogP contribution in [0.5, 0.6) is 0 Å². The van der Waals surface area contributed by atoms with Gasteiger partial charge in [-0.25, -0.2) is 4.98 Å². The van der Waals surface area contributed by atoms with E-state index in [0.29, 0.717) is 12.5 Å². The first-order valence-corrected chi connectivity index (χ1v) is 11.3. The van der Waals surface area contributed by atoms with Crippen molar-refractivity contribution in [2.75, 3.05) is 5.75 Å². The lowest BCUT2D eigenvalue weighted by atomic mass is 9.89. The number of aryl methyl sites for hydroxylation is 2. The van der Waals surface area contributed by atoms with Crippen molar-refractivity contribution >= 4 is 33.3 Å². The second-order valence-corrected chi connectivity index (χ2v) is 9.36. The molecule has 0 spiro atoms. The molecule has 1 aliphatic rings. The number of benzene rings is 1. The molecule has 3 aromatic rings. The molecular formula is C22H24N2OS2. The maximum Gasteiger partial charge on any atom is 0.263 e. The summed E-state index contributed by atoms with van der Waals surface area (Å²) in [5.41, 5.74) is 2.67. The van der Waals surface area contributed by atoms with E-state index in [1.807, 2.05) is 6.07 Å². The fraction of sp³-hybridized carbons (Fsp3) is 0.364. The zero-order valence-corrected chi connectivity index (χ0v) is 17.2. The maximum atomic E-state index is 13.3. The van der Waals surface area contributed by atoms with E-state index in [1.54, 1.807) is 33.7 Å². The van der Waals surface area contributed by atoms with Crippen molar-refractivity contribution in [1.82, 2.24) is 9.55 Å². The van der Waals surface area contributed by atoms with Crippen molar-refractivity contribution in [1.29, 1.82) is 0 Å². The lowest BCUT2D eigenvalue weighted by Crippen LogP contribution is -2.23. The molecule has 0 aliphatic heterocycles. The molecular weight excluding hydrogens is 372 g/mol. The molecule has 1 aliphatic carbocycles. The Morgan fingerprint density at radius 3 is 2.96 bits per heavy atom. The summed E-state index contributed by atoms with van der Waals surface area (Å²) in [4.78, 5) is 20.5. The molecule has 140 valence electrons. The maximum absolute atomic E-state index is 13.3. The first-order chi connectivity index (χ1) is 13.2. The van der Waals surface area contributed by atoms with Crippen LogP contribution in [0.3, 0.4) is 0 Å². The highest BCUT2D eigenvalue weighted by molar-refractivity contribution is 7.99. The Kier molecular flexibility index (Phi) is 5.50. The molecule has 0 saturated heterocycles. The molecule has 3 nitrogen and oxygen atoms in total. The Morgan fingerprint density at radius 1 is 1.37 bits per heavy atom. The Hall–Kier alpha value is -1.85. The van der Waals surface area contributed by atoms with Gasteiger partial charge in [0.1, 0.15) is 4.83 Å². The van der Waals surface area contributed by atoms with Crippen LogP contribution in [0, 0.1) is 5.92 Å². The second kappa shape index (κ2) is 8.03. The molecule has 0 radical (unpaired) electrons. The smallest absolute Gasteiger partial charge is 0.263 e. The first kappa shape index (κ1) is 18.5. The molecule has 5 heteroatoms. The Morgan fingerprint density at radius 2 is 2.19 bits per heavy atom. The SMILES string of the molecule is C=CCn1c(SCCc2ccccc2)nc2sc3c(c2c1=O)CC[C@@H](C)C3. The third-order valence-electron chi connectivity index (χ3n) is 5.16. The third-order valence-corrected chi connectivity index (χ3v) is 7.28. The highest BCUT2D eigenvalue weighted by Gasteiger charge is 2.24. The van der Waals surface area contributed by atoms with Crippen LogP contribution in [0.2, 0.25) is 0 Å². The summed E-state index contributed by atoms with van der Waals surface area (Å²) >= 11 is 3.39. The van der Waals surface area contributed by atoms with E-state index < -0.39 is 0 Å². The van der Waals surface area contributed by atoms with Crippen LogP contribution in [0.4, 0.5) is 0 Å². The van der Waals surface area contributed by atoms with E-state index in [1.165, 1.54) is 16.0 Å². The van der Waals surface area contributed by atoms with Gasteiger partial charge in [0.25, 0.3) is 5.56 Å². The van der Waals surface area contributed by atoms with Crippen molar-refractivity contribution < 1.29 is 0 Å². The third kappa shape index (κ3) is 3.76. The number of fused-ring (bicyclic) bond motifs is 3. The largest absolute Gasteiger partial charge is 0.283 e. The monoisotopic (exact) mass is 396 g/mol. The molecule has 2 heterocycles. The minimum Gasteiger partial charge on any atom is -0.283 e. The molecule has 1 atom stereocenters. The van der Waals surface area contributed by atoms with Gasteiger partial charge in [0, 0.05) is 17.2 Å². The van der Waals surface area contributed by atoms with Gasteiger partial charge >= 0.3 is 0 Å².